The molecular weight excluding hydrogens is 338 g/mol. The minimum absolute atomic E-state index is 0.0513. The Labute approximate surface area is 150 Å². The van der Waals surface area contributed by atoms with Crippen LogP contribution in [0.15, 0.2) is 40.0 Å². The number of methoxy groups -OCH3 is 1. The van der Waals surface area contributed by atoms with Gasteiger partial charge < -0.3 is 13.7 Å². The highest BCUT2D eigenvalue weighted by Gasteiger charge is 2.16. The highest BCUT2D eigenvalue weighted by Crippen LogP contribution is 2.26. The van der Waals surface area contributed by atoms with Crippen LogP contribution in [0.25, 0.3) is 11.5 Å². The number of carbonyl (C=O) groups is 1. The number of hydrogen-bond acceptors (Lipinski definition) is 6. The van der Waals surface area contributed by atoms with Crippen LogP contribution in [0.3, 0.4) is 0 Å². The van der Waals surface area contributed by atoms with Gasteiger partial charge in [-0.25, -0.2) is 0 Å². The van der Waals surface area contributed by atoms with Crippen molar-refractivity contribution in [3.05, 3.63) is 47.3 Å². The van der Waals surface area contributed by atoms with Crippen molar-refractivity contribution in [2.45, 2.75) is 19.1 Å². The van der Waals surface area contributed by atoms with E-state index in [1.165, 1.54) is 11.8 Å². The Kier molecular flexibility index (Phi) is 4.94. The molecule has 0 atom stereocenters. The molecule has 25 heavy (non-hydrogen) atoms. The molecule has 0 spiro atoms. The number of hydrogen-bond donors (Lipinski definition) is 0. The van der Waals surface area contributed by atoms with Crippen molar-refractivity contribution < 1.29 is 13.9 Å². The van der Waals surface area contributed by atoms with Crippen LogP contribution in [-0.4, -0.2) is 33.4 Å². The van der Waals surface area contributed by atoms with E-state index in [9.17, 15) is 4.79 Å². The minimum Gasteiger partial charge on any atom is -0.497 e. The summed E-state index contributed by atoms with van der Waals surface area (Å²) in [6.07, 6.45) is 0. The molecule has 0 saturated heterocycles. The molecule has 3 rings (SSSR count). The van der Waals surface area contributed by atoms with Gasteiger partial charge in [-0.1, -0.05) is 11.8 Å². The molecule has 1 aromatic carbocycles. The molecule has 0 fully saturated rings. The van der Waals surface area contributed by atoms with E-state index in [-0.39, 0.29) is 11.5 Å². The molecule has 0 aliphatic rings. The lowest BCUT2D eigenvalue weighted by atomic mass is 10.2. The Morgan fingerprint density at radius 2 is 1.96 bits per heavy atom. The number of aromatic nitrogens is 3. The first kappa shape index (κ1) is 17.3. The van der Waals surface area contributed by atoms with Crippen LogP contribution >= 0.6 is 11.8 Å². The van der Waals surface area contributed by atoms with Gasteiger partial charge in [0, 0.05) is 29.6 Å². The minimum atomic E-state index is 0.0513. The molecule has 130 valence electrons. The van der Waals surface area contributed by atoms with Crippen LogP contribution in [-0.2, 0) is 7.05 Å². The Bertz CT molecular complexity index is 897. The van der Waals surface area contributed by atoms with E-state index in [1.54, 1.807) is 7.11 Å². The Morgan fingerprint density at radius 1 is 1.24 bits per heavy atom. The topological polar surface area (TPSA) is 70.2 Å². The zero-order valence-corrected chi connectivity index (χ0v) is 15.4. The molecule has 0 amide bonds. The van der Waals surface area contributed by atoms with Crippen LogP contribution < -0.4 is 4.74 Å². The van der Waals surface area contributed by atoms with E-state index in [0.29, 0.717) is 11.1 Å². The van der Waals surface area contributed by atoms with Gasteiger partial charge >= 0.3 is 0 Å². The number of rotatable bonds is 6. The Hall–Kier alpha value is -2.54. The van der Waals surface area contributed by atoms with Gasteiger partial charge in [-0.3, -0.25) is 4.79 Å². The van der Waals surface area contributed by atoms with Crippen molar-refractivity contribution in [2.75, 3.05) is 12.9 Å². The van der Waals surface area contributed by atoms with Crippen molar-refractivity contribution >= 4 is 17.5 Å². The highest BCUT2D eigenvalue weighted by atomic mass is 32.2. The Balaban J connectivity index is 1.67. The molecule has 2 heterocycles. The summed E-state index contributed by atoms with van der Waals surface area (Å²) < 4.78 is 12.8. The summed E-state index contributed by atoms with van der Waals surface area (Å²) in [5, 5.41) is 8.42. The first-order chi connectivity index (χ1) is 12.0. The molecule has 0 aliphatic carbocycles. The van der Waals surface area contributed by atoms with Gasteiger partial charge in [-0.05, 0) is 44.2 Å². The predicted octanol–water partition coefficient (Wildman–Crippen LogP) is 3.68. The molecular formula is C18H19N3O3S. The smallest absolute Gasteiger partial charge is 0.277 e. The standard InChI is InChI=1S/C18H19N3O3S/c1-11-9-15(12(2)21(11)3)16(22)10-25-18-20-19-17(24-18)13-5-7-14(23-4)8-6-13/h5-9H,10H2,1-4H3. The number of nitrogens with zero attached hydrogens (tertiary/aromatic N) is 3. The molecule has 0 aliphatic heterocycles. The van der Waals surface area contributed by atoms with Gasteiger partial charge in [0.15, 0.2) is 5.78 Å². The Morgan fingerprint density at radius 3 is 2.56 bits per heavy atom. The summed E-state index contributed by atoms with van der Waals surface area (Å²) in [6.45, 7) is 3.93. The van der Waals surface area contributed by atoms with E-state index in [1.807, 2.05) is 55.8 Å². The van der Waals surface area contributed by atoms with Crippen molar-refractivity contribution in [1.29, 1.82) is 0 Å². The summed E-state index contributed by atoms with van der Waals surface area (Å²) in [7, 11) is 3.57. The third-order valence-electron chi connectivity index (χ3n) is 4.15. The third-order valence-corrected chi connectivity index (χ3v) is 4.96. The molecule has 7 heteroatoms. The van der Waals surface area contributed by atoms with Gasteiger partial charge in [0.2, 0.25) is 5.89 Å². The first-order valence-corrected chi connectivity index (χ1v) is 8.75. The second-order valence-corrected chi connectivity index (χ2v) is 6.58. The predicted molar refractivity (Wildman–Crippen MR) is 96.2 cm³/mol. The number of benzene rings is 1. The molecule has 0 bridgehead atoms. The number of aryl methyl sites for hydroxylation is 1. The normalized spacial score (nSPS) is 10.9. The summed E-state index contributed by atoms with van der Waals surface area (Å²) in [6, 6.07) is 9.27. The fourth-order valence-electron chi connectivity index (χ4n) is 2.46. The monoisotopic (exact) mass is 357 g/mol. The molecule has 2 aromatic heterocycles. The number of thioether (sulfide) groups is 1. The van der Waals surface area contributed by atoms with Gasteiger partial charge in [0.25, 0.3) is 5.22 Å². The van der Waals surface area contributed by atoms with Crippen LogP contribution in [0.2, 0.25) is 0 Å². The van der Waals surface area contributed by atoms with Gasteiger partial charge in [-0.15, -0.1) is 10.2 Å². The second kappa shape index (κ2) is 7.14. The van der Waals surface area contributed by atoms with E-state index in [4.69, 9.17) is 9.15 Å². The fraction of sp³-hybridized carbons (Fsp3) is 0.278. The maximum absolute atomic E-state index is 12.4. The number of ether oxygens (including phenoxy) is 1. The largest absolute Gasteiger partial charge is 0.497 e. The number of ketones is 1. The number of carbonyl (C=O) groups excluding carboxylic acids is 1. The van der Waals surface area contributed by atoms with E-state index >= 15 is 0 Å². The van der Waals surface area contributed by atoms with Gasteiger partial charge in [0.05, 0.1) is 12.9 Å². The first-order valence-electron chi connectivity index (χ1n) is 7.76. The molecule has 0 saturated carbocycles. The van der Waals surface area contributed by atoms with Gasteiger partial charge in [0.1, 0.15) is 5.75 Å². The second-order valence-electron chi connectivity index (χ2n) is 5.66. The van der Waals surface area contributed by atoms with E-state index in [0.717, 1.165) is 28.3 Å². The SMILES string of the molecule is COc1ccc(-c2nnc(SCC(=O)c3cc(C)n(C)c3C)o2)cc1. The molecule has 0 radical (unpaired) electrons. The van der Waals surface area contributed by atoms with Crippen molar-refractivity contribution in [2.24, 2.45) is 7.05 Å². The van der Waals surface area contributed by atoms with Crippen LogP contribution in [0.1, 0.15) is 21.7 Å². The zero-order valence-electron chi connectivity index (χ0n) is 14.6. The highest BCUT2D eigenvalue weighted by molar-refractivity contribution is 7.99. The molecule has 6 nitrogen and oxygen atoms in total. The zero-order chi connectivity index (χ0) is 18.0. The maximum Gasteiger partial charge on any atom is 0.277 e. The molecule has 0 unspecified atom stereocenters. The third kappa shape index (κ3) is 3.61. The van der Waals surface area contributed by atoms with E-state index < -0.39 is 0 Å². The van der Waals surface area contributed by atoms with Gasteiger partial charge in [-0.2, -0.15) is 0 Å². The van der Waals surface area contributed by atoms with E-state index in [2.05, 4.69) is 10.2 Å². The van der Waals surface area contributed by atoms with Crippen LogP contribution in [0.5, 0.6) is 5.75 Å². The van der Waals surface area contributed by atoms with Crippen LogP contribution in [0.4, 0.5) is 0 Å². The van der Waals surface area contributed by atoms with Crippen molar-refractivity contribution in [3.8, 4) is 17.2 Å². The summed E-state index contributed by atoms with van der Waals surface area (Å²) >= 11 is 1.25. The molecule has 0 N–H and O–H groups in total. The summed E-state index contributed by atoms with van der Waals surface area (Å²) in [5.74, 6) is 1.49. The maximum atomic E-state index is 12.4. The lowest BCUT2D eigenvalue weighted by Crippen LogP contribution is -2.04. The lowest BCUT2D eigenvalue weighted by molar-refractivity contribution is 0.102. The summed E-state index contributed by atoms with van der Waals surface area (Å²) in [4.78, 5) is 12.4. The lowest BCUT2D eigenvalue weighted by Gasteiger charge is -2.01. The molecule has 3 aromatic rings. The van der Waals surface area contributed by atoms with Crippen molar-refractivity contribution in [1.82, 2.24) is 14.8 Å². The average Bonchev–Trinajstić information content (AvgIpc) is 3.20. The number of Topliss-reactive ketones (excluding diaryl/α,β-unsaturated/α-hetero) is 1. The van der Waals surface area contributed by atoms with Crippen molar-refractivity contribution in [3.63, 3.8) is 0 Å². The summed E-state index contributed by atoms with van der Waals surface area (Å²) in [5.41, 5.74) is 3.57. The fourth-order valence-corrected chi connectivity index (χ4v) is 3.11. The van der Waals surface area contributed by atoms with Crippen LogP contribution in [0, 0.1) is 13.8 Å². The average molecular weight is 357 g/mol. The quantitative estimate of drug-likeness (QED) is 0.495.